The van der Waals surface area contributed by atoms with Crippen molar-refractivity contribution in [1.82, 2.24) is 10.2 Å². The van der Waals surface area contributed by atoms with Crippen molar-refractivity contribution in [2.45, 2.75) is 11.3 Å². The number of halogens is 2. The highest BCUT2D eigenvalue weighted by atomic mass is 32.2. The number of nitrogens with zero attached hydrogens (tertiary/aromatic N) is 2. The van der Waals surface area contributed by atoms with E-state index >= 15 is 0 Å². The summed E-state index contributed by atoms with van der Waals surface area (Å²) < 4.78 is 32.8. The summed E-state index contributed by atoms with van der Waals surface area (Å²) in [7, 11) is 0. The number of para-hydroxylation sites is 2. The van der Waals surface area contributed by atoms with Gasteiger partial charge in [0.2, 0.25) is 11.0 Å². The number of ether oxygens (including phenoxy) is 1. The molecule has 1 amide bonds. The molecule has 0 bridgehead atoms. The summed E-state index contributed by atoms with van der Waals surface area (Å²) >= 11 is 2.42. The zero-order valence-electron chi connectivity index (χ0n) is 14.7. The molecule has 0 atom stereocenters. The Morgan fingerprint density at radius 2 is 2.00 bits per heavy atom. The number of nitrogens with one attached hydrogen (secondary N) is 2. The largest absolute Gasteiger partial charge is 0.492 e. The van der Waals surface area contributed by atoms with Gasteiger partial charge in [-0.05, 0) is 31.2 Å². The second-order valence-corrected chi connectivity index (χ2v) is 7.59. The molecule has 0 fully saturated rings. The van der Waals surface area contributed by atoms with Crippen LogP contribution in [0.2, 0.25) is 0 Å². The number of amides is 1. The Labute approximate surface area is 168 Å². The minimum Gasteiger partial charge on any atom is -0.492 e. The number of carbonyl (C=O) groups is 1. The molecule has 0 aliphatic rings. The van der Waals surface area contributed by atoms with E-state index in [9.17, 15) is 13.6 Å². The first-order valence-corrected chi connectivity index (χ1v) is 10.1. The van der Waals surface area contributed by atoms with Gasteiger partial charge >= 0.3 is 0 Å². The molecule has 0 saturated carbocycles. The van der Waals surface area contributed by atoms with Gasteiger partial charge in [0.05, 0.1) is 23.7 Å². The summed E-state index contributed by atoms with van der Waals surface area (Å²) in [5, 5.41) is 14.1. The van der Waals surface area contributed by atoms with Crippen molar-refractivity contribution in [2.24, 2.45) is 0 Å². The van der Waals surface area contributed by atoms with Gasteiger partial charge in [0.1, 0.15) is 17.4 Å². The van der Waals surface area contributed by atoms with Crippen molar-refractivity contribution in [3.8, 4) is 5.75 Å². The van der Waals surface area contributed by atoms with Gasteiger partial charge in [0, 0.05) is 6.07 Å². The molecule has 1 aromatic heterocycles. The third-order valence-electron chi connectivity index (χ3n) is 3.36. The van der Waals surface area contributed by atoms with Crippen molar-refractivity contribution in [3.05, 3.63) is 54.1 Å². The van der Waals surface area contributed by atoms with Gasteiger partial charge in [0.25, 0.3) is 0 Å². The Balaban J connectivity index is 1.56. The predicted molar refractivity (Wildman–Crippen MR) is 107 cm³/mol. The van der Waals surface area contributed by atoms with Gasteiger partial charge in [-0.2, -0.15) is 0 Å². The summed E-state index contributed by atoms with van der Waals surface area (Å²) in [6.45, 7) is 2.44. The summed E-state index contributed by atoms with van der Waals surface area (Å²) in [5.41, 5.74) is 0.564. The highest BCUT2D eigenvalue weighted by Crippen LogP contribution is 2.31. The molecule has 6 nitrogen and oxygen atoms in total. The van der Waals surface area contributed by atoms with Gasteiger partial charge in [-0.15, -0.1) is 10.2 Å². The van der Waals surface area contributed by atoms with Crippen LogP contribution < -0.4 is 15.4 Å². The Morgan fingerprint density at radius 3 is 2.82 bits per heavy atom. The molecule has 146 valence electrons. The molecule has 2 N–H and O–H groups in total. The minimum absolute atomic E-state index is 0.0138. The van der Waals surface area contributed by atoms with Crippen LogP contribution in [0.15, 0.2) is 46.8 Å². The van der Waals surface area contributed by atoms with E-state index in [1.165, 1.54) is 11.3 Å². The van der Waals surface area contributed by atoms with Crippen LogP contribution in [0.4, 0.5) is 25.3 Å². The Bertz CT molecular complexity index is 968. The third-order valence-corrected chi connectivity index (χ3v) is 5.34. The van der Waals surface area contributed by atoms with Gasteiger partial charge in [0.15, 0.2) is 4.34 Å². The Morgan fingerprint density at radius 1 is 1.18 bits per heavy atom. The van der Waals surface area contributed by atoms with Crippen molar-refractivity contribution in [3.63, 3.8) is 0 Å². The lowest BCUT2D eigenvalue weighted by molar-refractivity contribution is -0.113. The van der Waals surface area contributed by atoms with Gasteiger partial charge in [-0.25, -0.2) is 8.78 Å². The second kappa shape index (κ2) is 9.47. The van der Waals surface area contributed by atoms with Crippen LogP contribution in [0, 0.1) is 11.6 Å². The molecular formula is C18H16F2N4O2S2. The monoisotopic (exact) mass is 422 g/mol. The van der Waals surface area contributed by atoms with Gasteiger partial charge in [-0.1, -0.05) is 35.2 Å². The van der Waals surface area contributed by atoms with Crippen molar-refractivity contribution in [1.29, 1.82) is 0 Å². The number of thioether (sulfide) groups is 1. The highest BCUT2D eigenvalue weighted by molar-refractivity contribution is 8.01. The first kappa shape index (κ1) is 20.0. The van der Waals surface area contributed by atoms with Gasteiger partial charge in [-0.3, -0.25) is 4.79 Å². The van der Waals surface area contributed by atoms with E-state index in [1.54, 1.807) is 0 Å². The van der Waals surface area contributed by atoms with Crippen LogP contribution in [0.1, 0.15) is 6.92 Å². The summed E-state index contributed by atoms with van der Waals surface area (Å²) in [5.74, 6) is -1.11. The lowest BCUT2D eigenvalue weighted by atomic mass is 10.3. The maximum Gasteiger partial charge on any atom is 0.234 e. The number of anilines is 3. The topological polar surface area (TPSA) is 76.1 Å². The molecule has 0 saturated heterocycles. The van der Waals surface area contributed by atoms with Gasteiger partial charge < -0.3 is 15.4 Å². The second-order valence-electron chi connectivity index (χ2n) is 5.39. The van der Waals surface area contributed by atoms with E-state index in [-0.39, 0.29) is 11.4 Å². The summed E-state index contributed by atoms with van der Waals surface area (Å²) in [6.07, 6.45) is 0. The molecule has 28 heavy (non-hydrogen) atoms. The van der Waals surface area contributed by atoms with Crippen LogP contribution >= 0.6 is 23.1 Å². The normalized spacial score (nSPS) is 10.5. The fourth-order valence-electron chi connectivity index (χ4n) is 2.19. The average Bonchev–Trinajstić information content (AvgIpc) is 3.12. The number of aromatic nitrogens is 2. The Kier molecular flexibility index (Phi) is 6.77. The molecule has 0 spiro atoms. The van der Waals surface area contributed by atoms with E-state index in [2.05, 4.69) is 20.8 Å². The molecule has 0 aliphatic carbocycles. The average molecular weight is 422 g/mol. The van der Waals surface area contributed by atoms with E-state index < -0.39 is 17.5 Å². The lowest BCUT2D eigenvalue weighted by Gasteiger charge is -2.09. The van der Waals surface area contributed by atoms with Crippen molar-refractivity contribution < 1.29 is 18.3 Å². The van der Waals surface area contributed by atoms with Crippen molar-refractivity contribution in [2.75, 3.05) is 23.0 Å². The molecule has 10 heteroatoms. The third kappa shape index (κ3) is 5.40. The van der Waals surface area contributed by atoms with E-state index in [4.69, 9.17) is 4.74 Å². The minimum atomic E-state index is -0.699. The molecule has 0 aliphatic heterocycles. The SMILES string of the molecule is CCOc1ccccc1Nc1nnc(SCC(=O)Nc2cc(F)ccc2F)s1. The van der Waals surface area contributed by atoms with Crippen molar-refractivity contribution >= 4 is 45.5 Å². The number of carbonyl (C=O) groups excluding carboxylic acids is 1. The number of hydrogen-bond acceptors (Lipinski definition) is 7. The lowest BCUT2D eigenvalue weighted by Crippen LogP contribution is -2.15. The quantitative estimate of drug-likeness (QED) is 0.513. The molecule has 0 radical (unpaired) electrons. The summed E-state index contributed by atoms with van der Waals surface area (Å²) in [4.78, 5) is 12.0. The first-order valence-electron chi connectivity index (χ1n) is 8.25. The smallest absolute Gasteiger partial charge is 0.234 e. The Hall–Kier alpha value is -2.72. The molecule has 0 unspecified atom stereocenters. The summed E-state index contributed by atoms with van der Waals surface area (Å²) in [6, 6.07) is 10.3. The molecule has 3 aromatic rings. The van der Waals surface area contributed by atoms with Crippen LogP contribution in [0.25, 0.3) is 0 Å². The fourth-order valence-corrected chi connectivity index (χ4v) is 3.76. The number of hydrogen-bond donors (Lipinski definition) is 2. The molecular weight excluding hydrogens is 406 g/mol. The zero-order chi connectivity index (χ0) is 19.9. The standard InChI is InChI=1S/C18H16F2N4O2S2/c1-2-26-15-6-4-3-5-13(15)22-17-23-24-18(28-17)27-10-16(25)21-14-9-11(19)7-8-12(14)20/h3-9H,2,10H2,1H3,(H,21,25)(H,22,23). The number of rotatable bonds is 8. The predicted octanol–water partition coefficient (Wildman–Crippen LogP) is 4.69. The number of benzene rings is 2. The zero-order valence-corrected chi connectivity index (χ0v) is 16.4. The fraction of sp³-hybridized carbons (Fsp3) is 0.167. The van der Waals surface area contributed by atoms with Crippen LogP contribution in [0.5, 0.6) is 5.75 Å². The highest BCUT2D eigenvalue weighted by Gasteiger charge is 2.12. The molecule has 1 heterocycles. The van der Waals surface area contributed by atoms with E-state index in [0.29, 0.717) is 21.8 Å². The molecule has 2 aromatic carbocycles. The van der Waals surface area contributed by atoms with E-state index in [1.807, 2.05) is 31.2 Å². The van der Waals surface area contributed by atoms with Crippen LogP contribution in [-0.4, -0.2) is 28.5 Å². The maximum atomic E-state index is 13.6. The van der Waals surface area contributed by atoms with E-state index in [0.717, 1.165) is 35.6 Å². The maximum absolute atomic E-state index is 13.6. The van der Waals surface area contributed by atoms with Crippen LogP contribution in [-0.2, 0) is 4.79 Å². The molecule has 3 rings (SSSR count). The first-order chi connectivity index (χ1) is 13.5. The van der Waals surface area contributed by atoms with Crippen LogP contribution in [0.3, 0.4) is 0 Å².